The van der Waals surface area contributed by atoms with Crippen molar-refractivity contribution in [2.24, 2.45) is 0 Å². The van der Waals surface area contributed by atoms with Gasteiger partial charge in [-0.05, 0) is 31.0 Å². The topological polar surface area (TPSA) is 75.6 Å². The van der Waals surface area contributed by atoms with Gasteiger partial charge in [0.2, 0.25) is 5.91 Å². The third-order valence-corrected chi connectivity index (χ3v) is 4.04. The van der Waals surface area contributed by atoms with Gasteiger partial charge in [0.15, 0.2) is 17.5 Å². The van der Waals surface area contributed by atoms with Crippen LogP contribution in [0, 0.1) is 11.6 Å². The van der Waals surface area contributed by atoms with Crippen LogP contribution in [0.5, 0.6) is 0 Å². The fourth-order valence-corrected chi connectivity index (χ4v) is 2.58. The van der Waals surface area contributed by atoms with Gasteiger partial charge in [-0.15, -0.1) is 0 Å². The van der Waals surface area contributed by atoms with Crippen LogP contribution in [0.1, 0.15) is 30.1 Å². The fourth-order valence-electron chi connectivity index (χ4n) is 2.58. The molecule has 0 radical (unpaired) electrons. The molecule has 1 fully saturated rings. The normalized spacial score (nSPS) is 13.8. The monoisotopic (exact) mass is 343 g/mol. The molecule has 1 aliphatic rings. The summed E-state index contributed by atoms with van der Waals surface area (Å²) < 4.78 is 27.7. The number of halogens is 2. The standard InChI is InChI=1S/C17H15F2N5O/c18-13-4-3-12(8-14(13)19)24-6-5-11(23-24)7-17(25)20-16-9-15(21-22-16)10-1-2-10/h3-6,8-10H,1-2,7H2,(H2,20,21,22,25). The Morgan fingerprint density at radius 3 is 2.84 bits per heavy atom. The smallest absolute Gasteiger partial charge is 0.231 e. The number of H-pyrrole nitrogens is 1. The van der Waals surface area contributed by atoms with Crippen molar-refractivity contribution >= 4 is 11.7 Å². The van der Waals surface area contributed by atoms with Gasteiger partial charge in [-0.3, -0.25) is 9.89 Å². The van der Waals surface area contributed by atoms with Gasteiger partial charge >= 0.3 is 0 Å². The maximum Gasteiger partial charge on any atom is 0.231 e. The highest BCUT2D eigenvalue weighted by molar-refractivity contribution is 5.91. The summed E-state index contributed by atoms with van der Waals surface area (Å²) in [5.74, 6) is -1.08. The summed E-state index contributed by atoms with van der Waals surface area (Å²) in [6, 6.07) is 7.00. The van der Waals surface area contributed by atoms with Crippen molar-refractivity contribution in [3.8, 4) is 5.69 Å². The Kier molecular flexibility index (Phi) is 3.79. The molecule has 8 heteroatoms. The zero-order chi connectivity index (χ0) is 17.4. The minimum atomic E-state index is -0.947. The molecule has 0 spiro atoms. The Labute approximate surface area is 141 Å². The number of hydrogen-bond donors (Lipinski definition) is 2. The van der Waals surface area contributed by atoms with Crippen LogP contribution < -0.4 is 5.32 Å². The second kappa shape index (κ2) is 6.12. The summed E-state index contributed by atoms with van der Waals surface area (Å²) in [6.07, 6.45) is 3.95. The van der Waals surface area contributed by atoms with Crippen LogP contribution in [0.4, 0.5) is 14.6 Å². The number of nitrogens with one attached hydrogen (secondary N) is 2. The van der Waals surface area contributed by atoms with Crippen LogP contribution in [-0.2, 0) is 11.2 Å². The van der Waals surface area contributed by atoms with Crippen LogP contribution in [0.25, 0.3) is 5.69 Å². The van der Waals surface area contributed by atoms with Gasteiger partial charge in [-0.2, -0.15) is 10.2 Å². The lowest BCUT2D eigenvalue weighted by atomic mass is 10.3. The third kappa shape index (κ3) is 3.42. The molecular weight excluding hydrogens is 328 g/mol. The van der Waals surface area contributed by atoms with E-state index in [0.717, 1.165) is 30.7 Å². The molecule has 0 atom stereocenters. The van der Waals surface area contributed by atoms with E-state index in [9.17, 15) is 13.6 Å². The van der Waals surface area contributed by atoms with E-state index in [-0.39, 0.29) is 12.3 Å². The van der Waals surface area contributed by atoms with Gasteiger partial charge in [-0.25, -0.2) is 13.5 Å². The lowest BCUT2D eigenvalue weighted by Gasteiger charge is -2.02. The molecule has 6 nitrogen and oxygen atoms in total. The van der Waals surface area contributed by atoms with Crippen LogP contribution in [-0.4, -0.2) is 25.9 Å². The quantitative estimate of drug-likeness (QED) is 0.748. The number of aromatic amines is 1. The lowest BCUT2D eigenvalue weighted by Crippen LogP contribution is -2.15. The van der Waals surface area contributed by atoms with E-state index < -0.39 is 11.6 Å². The number of benzene rings is 1. The van der Waals surface area contributed by atoms with Gasteiger partial charge in [0.05, 0.1) is 17.8 Å². The second-order valence-corrected chi connectivity index (χ2v) is 6.06. The molecule has 4 rings (SSSR count). The first-order valence-electron chi connectivity index (χ1n) is 7.93. The molecular formula is C17H15F2N5O. The van der Waals surface area contributed by atoms with Crippen LogP contribution >= 0.6 is 0 Å². The molecule has 2 heterocycles. The molecule has 2 N–H and O–H groups in total. The largest absolute Gasteiger partial charge is 0.309 e. The second-order valence-electron chi connectivity index (χ2n) is 6.06. The Morgan fingerprint density at radius 1 is 1.24 bits per heavy atom. The summed E-state index contributed by atoms with van der Waals surface area (Å²) in [5.41, 5.74) is 1.94. The molecule has 1 amide bonds. The van der Waals surface area contributed by atoms with Crippen LogP contribution in [0.2, 0.25) is 0 Å². The van der Waals surface area contributed by atoms with Gasteiger partial charge in [0.1, 0.15) is 0 Å². The van der Waals surface area contributed by atoms with E-state index in [1.807, 2.05) is 6.07 Å². The number of hydrogen-bond acceptors (Lipinski definition) is 3. The molecule has 1 aromatic carbocycles. The van der Waals surface area contributed by atoms with Crippen molar-refractivity contribution in [1.29, 1.82) is 0 Å². The number of rotatable bonds is 5. The van der Waals surface area contributed by atoms with Crippen molar-refractivity contribution in [3.63, 3.8) is 0 Å². The van der Waals surface area contributed by atoms with Crippen molar-refractivity contribution in [2.75, 3.05) is 5.32 Å². The highest BCUT2D eigenvalue weighted by atomic mass is 19.2. The van der Waals surface area contributed by atoms with E-state index in [0.29, 0.717) is 23.1 Å². The first-order valence-corrected chi connectivity index (χ1v) is 7.93. The zero-order valence-corrected chi connectivity index (χ0v) is 13.2. The number of aromatic nitrogens is 4. The van der Waals surface area contributed by atoms with Crippen LogP contribution in [0.15, 0.2) is 36.5 Å². The maximum atomic E-state index is 13.3. The summed E-state index contributed by atoms with van der Waals surface area (Å²) in [4.78, 5) is 12.1. The number of amides is 1. The average Bonchev–Trinajstić information content (AvgIpc) is 3.16. The molecule has 2 aromatic heterocycles. The average molecular weight is 343 g/mol. The molecule has 3 aromatic rings. The minimum absolute atomic E-state index is 0.0578. The van der Waals surface area contributed by atoms with E-state index in [4.69, 9.17) is 0 Å². The Hall–Kier alpha value is -3.03. The number of nitrogens with zero attached hydrogens (tertiary/aromatic N) is 3. The molecule has 1 saturated carbocycles. The SMILES string of the molecule is O=C(Cc1ccn(-c2ccc(F)c(F)c2)n1)Nc1cc(C2CC2)[nH]n1. The minimum Gasteiger partial charge on any atom is -0.309 e. The predicted octanol–water partition coefficient (Wildman–Crippen LogP) is 2.93. The number of carbonyl (C=O) groups is 1. The highest BCUT2D eigenvalue weighted by Gasteiger charge is 2.25. The predicted molar refractivity (Wildman–Crippen MR) is 86.4 cm³/mol. The Balaban J connectivity index is 1.41. The van der Waals surface area contributed by atoms with Gasteiger partial charge in [-0.1, -0.05) is 0 Å². The summed E-state index contributed by atoms with van der Waals surface area (Å²) >= 11 is 0. The molecule has 0 bridgehead atoms. The fraction of sp³-hybridized carbons (Fsp3) is 0.235. The summed E-state index contributed by atoms with van der Waals surface area (Å²) in [5, 5.41) is 13.9. The first kappa shape index (κ1) is 15.5. The van der Waals surface area contributed by atoms with E-state index in [2.05, 4.69) is 20.6 Å². The number of anilines is 1. The first-order chi connectivity index (χ1) is 12.1. The molecule has 25 heavy (non-hydrogen) atoms. The van der Waals surface area contributed by atoms with Gasteiger partial charge in [0, 0.05) is 29.9 Å². The number of carbonyl (C=O) groups excluding carboxylic acids is 1. The molecule has 128 valence electrons. The van der Waals surface area contributed by atoms with E-state index in [1.54, 1.807) is 12.3 Å². The van der Waals surface area contributed by atoms with Crippen molar-refractivity contribution in [3.05, 3.63) is 59.6 Å². The van der Waals surface area contributed by atoms with Crippen LogP contribution in [0.3, 0.4) is 0 Å². The third-order valence-electron chi connectivity index (χ3n) is 4.04. The van der Waals surface area contributed by atoms with Gasteiger partial charge in [0.25, 0.3) is 0 Å². The zero-order valence-electron chi connectivity index (χ0n) is 13.2. The van der Waals surface area contributed by atoms with E-state index in [1.165, 1.54) is 10.7 Å². The van der Waals surface area contributed by atoms with E-state index >= 15 is 0 Å². The maximum absolute atomic E-state index is 13.3. The lowest BCUT2D eigenvalue weighted by molar-refractivity contribution is -0.115. The Bertz CT molecular complexity index is 929. The molecule has 1 aliphatic carbocycles. The van der Waals surface area contributed by atoms with Crippen molar-refractivity contribution in [1.82, 2.24) is 20.0 Å². The van der Waals surface area contributed by atoms with Crippen molar-refractivity contribution < 1.29 is 13.6 Å². The molecule has 0 saturated heterocycles. The molecule has 0 unspecified atom stereocenters. The molecule has 0 aliphatic heterocycles. The van der Waals surface area contributed by atoms with Gasteiger partial charge < -0.3 is 5.32 Å². The Morgan fingerprint density at radius 2 is 2.08 bits per heavy atom. The highest BCUT2D eigenvalue weighted by Crippen LogP contribution is 2.39. The summed E-state index contributed by atoms with van der Waals surface area (Å²) in [7, 11) is 0. The summed E-state index contributed by atoms with van der Waals surface area (Å²) in [6.45, 7) is 0. The van der Waals surface area contributed by atoms with Crippen molar-refractivity contribution in [2.45, 2.75) is 25.2 Å².